The van der Waals surface area contributed by atoms with Crippen molar-refractivity contribution in [3.63, 3.8) is 0 Å². The van der Waals surface area contributed by atoms with Crippen molar-refractivity contribution in [2.75, 3.05) is 7.11 Å². The Balaban J connectivity index is 2.69. The highest BCUT2D eigenvalue weighted by Crippen LogP contribution is 2.33. The Morgan fingerprint density at radius 3 is 2.23 bits per heavy atom. The zero-order chi connectivity index (χ0) is 10.0. The molecule has 78 valence electrons. The Morgan fingerprint density at radius 1 is 1.15 bits per heavy atom. The van der Waals surface area contributed by atoms with Gasteiger partial charge in [0.1, 0.15) is 0 Å². The first kappa shape index (κ1) is 11.0. The monoisotopic (exact) mass is 186 g/mol. The van der Waals surface area contributed by atoms with Gasteiger partial charge in [-0.3, -0.25) is 0 Å². The summed E-state index contributed by atoms with van der Waals surface area (Å²) < 4.78 is 11.4. The van der Waals surface area contributed by atoms with Crippen molar-refractivity contribution in [1.29, 1.82) is 0 Å². The van der Waals surface area contributed by atoms with E-state index in [1.807, 2.05) is 0 Å². The molecule has 0 amide bonds. The van der Waals surface area contributed by atoms with Crippen molar-refractivity contribution in [3.05, 3.63) is 0 Å². The van der Waals surface area contributed by atoms with Gasteiger partial charge in [-0.05, 0) is 25.2 Å². The van der Waals surface area contributed by atoms with E-state index in [9.17, 15) is 0 Å². The van der Waals surface area contributed by atoms with E-state index >= 15 is 0 Å². The van der Waals surface area contributed by atoms with Crippen LogP contribution < -0.4 is 0 Å². The Morgan fingerprint density at radius 2 is 1.77 bits per heavy atom. The average molecular weight is 186 g/mol. The summed E-state index contributed by atoms with van der Waals surface area (Å²) >= 11 is 0. The van der Waals surface area contributed by atoms with Gasteiger partial charge in [0, 0.05) is 7.11 Å². The predicted octanol–water partition coefficient (Wildman–Crippen LogP) is 2.47. The first-order chi connectivity index (χ1) is 6.11. The molecule has 0 N–H and O–H groups in total. The lowest BCUT2D eigenvalue weighted by Gasteiger charge is -2.43. The Bertz CT molecular complexity index is 156. The molecule has 1 fully saturated rings. The summed E-state index contributed by atoms with van der Waals surface area (Å²) in [4.78, 5) is 0. The van der Waals surface area contributed by atoms with Crippen LogP contribution in [0.4, 0.5) is 0 Å². The van der Waals surface area contributed by atoms with Gasteiger partial charge in [0.25, 0.3) is 0 Å². The van der Waals surface area contributed by atoms with E-state index in [1.165, 1.54) is 0 Å². The fraction of sp³-hybridized carbons (Fsp3) is 1.00. The third-order valence-corrected chi connectivity index (χ3v) is 3.52. The molecule has 1 aliphatic rings. The molecule has 2 nitrogen and oxygen atoms in total. The van der Waals surface area contributed by atoms with Gasteiger partial charge in [-0.1, -0.05) is 20.8 Å². The summed E-state index contributed by atoms with van der Waals surface area (Å²) in [5, 5.41) is 0. The van der Waals surface area contributed by atoms with Crippen molar-refractivity contribution >= 4 is 0 Å². The fourth-order valence-electron chi connectivity index (χ4n) is 2.24. The van der Waals surface area contributed by atoms with E-state index in [2.05, 4.69) is 27.7 Å². The smallest absolute Gasteiger partial charge is 0.0861 e. The number of hydrogen-bond acceptors (Lipinski definition) is 2. The molecule has 1 rings (SSSR count). The Labute approximate surface area is 81.6 Å². The normalized spacial score (nSPS) is 46.4. The fourth-order valence-corrected chi connectivity index (χ4v) is 2.24. The first-order valence-corrected chi connectivity index (χ1v) is 5.30. The topological polar surface area (TPSA) is 18.5 Å². The third kappa shape index (κ3) is 2.05. The molecule has 0 saturated carbocycles. The number of ether oxygens (including phenoxy) is 2. The van der Waals surface area contributed by atoms with Crippen molar-refractivity contribution in [2.45, 2.75) is 52.4 Å². The summed E-state index contributed by atoms with van der Waals surface area (Å²) in [5.41, 5.74) is 0. The van der Waals surface area contributed by atoms with E-state index in [-0.39, 0.29) is 12.2 Å². The van der Waals surface area contributed by atoms with Crippen LogP contribution in [0, 0.1) is 11.8 Å². The van der Waals surface area contributed by atoms with Crippen molar-refractivity contribution in [3.8, 4) is 0 Å². The summed E-state index contributed by atoms with van der Waals surface area (Å²) in [7, 11) is 1.79. The highest BCUT2D eigenvalue weighted by atomic mass is 16.5. The van der Waals surface area contributed by atoms with Gasteiger partial charge in [-0.15, -0.1) is 0 Å². The lowest BCUT2D eigenvalue weighted by Crippen LogP contribution is -2.48. The van der Waals surface area contributed by atoms with Crippen LogP contribution in [0.3, 0.4) is 0 Å². The standard InChI is InChI=1S/C11H22O2/c1-6-10-11(12-5)8(3)7(2)9(4)13-10/h7-11H,6H2,1-5H3/t7?,8-,9+,10?,11-/m0/s1. The average Bonchev–Trinajstić information content (AvgIpc) is 2.13. The minimum Gasteiger partial charge on any atom is -0.378 e. The molecule has 0 aliphatic carbocycles. The van der Waals surface area contributed by atoms with Crippen LogP contribution in [0.15, 0.2) is 0 Å². The predicted molar refractivity (Wildman–Crippen MR) is 53.8 cm³/mol. The highest BCUT2D eigenvalue weighted by Gasteiger charge is 2.38. The van der Waals surface area contributed by atoms with Gasteiger partial charge in [0.05, 0.1) is 18.3 Å². The molecule has 1 aliphatic heterocycles. The van der Waals surface area contributed by atoms with Crippen molar-refractivity contribution in [1.82, 2.24) is 0 Å². The highest BCUT2D eigenvalue weighted by molar-refractivity contribution is 4.86. The second-order valence-electron chi connectivity index (χ2n) is 4.21. The van der Waals surface area contributed by atoms with Gasteiger partial charge < -0.3 is 9.47 Å². The number of methoxy groups -OCH3 is 1. The van der Waals surface area contributed by atoms with Gasteiger partial charge in [-0.25, -0.2) is 0 Å². The van der Waals surface area contributed by atoms with Gasteiger partial charge in [0.2, 0.25) is 0 Å². The van der Waals surface area contributed by atoms with E-state index in [1.54, 1.807) is 7.11 Å². The van der Waals surface area contributed by atoms with Crippen LogP contribution in [0.1, 0.15) is 34.1 Å². The molecule has 0 spiro atoms. The van der Waals surface area contributed by atoms with Crippen molar-refractivity contribution < 1.29 is 9.47 Å². The van der Waals surface area contributed by atoms with E-state index in [4.69, 9.17) is 9.47 Å². The van der Waals surface area contributed by atoms with Gasteiger partial charge in [-0.2, -0.15) is 0 Å². The van der Waals surface area contributed by atoms with E-state index in [0.717, 1.165) is 6.42 Å². The molecule has 5 atom stereocenters. The lowest BCUT2D eigenvalue weighted by atomic mass is 9.81. The van der Waals surface area contributed by atoms with Crippen LogP contribution in [-0.4, -0.2) is 25.4 Å². The van der Waals surface area contributed by atoms with Gasteiger partial charge >= 0.3 is 0 Å². The maximum Gasteiger partial charge on any atom is 0.0861 e. The maximum absolute atomic E-state index is 5.90. The zero-order valence-corrected chi connectivity index (χ0v) is 9.41. The molecule has 13 heavy (non-hydrogen) atoms. The third-order valence-electron chi connectivity index (χ3n) is 3.52. The Kier molecular flexibility index (Phi) is 3.74. The molecule has 0 radical (unpaired) electrons. The lowest BCUT2D eigenvalue weighted by molar-refractivity contribution is -0.172. The summed E-state index contributed by atoms with van der Waals surface area (Å²) in [6, 6.07) is 0. The van der Waals surface area contributed by atoms with E-state index < -0.39 is 0 Å². The van der Waals surface area contributed by atoms with Gasteiger partial charge in [0.15, 0.2) is 0 Å². The zero-order valence-electron chi connectivity index (χ0n) is 9.41. The molecule has 0 aromatic rings. The molecule has 2 heteroatoms. The number of hydrogen-bond donors (Lipinski definition) is 0. The quantitative estimate of drug-likeness (QED) is 0.659. The van der Waals surface area contributed by atoms with E-state index in [0.29, 0.717) is 17.9 Å². The second kappa shape index (κ2) is 4.43. The molecule has 1 saturated heterocycles. The first-order valence-electron chi connectivity index (χ1n) is 5.30. The summed E-state index contributed by atoms with van der Waals surface area (Å²) in [6.07, 6.45) is 1.97. The largest absolute Gasteiger partial charge is 0.378 e. The molecule has 0 aromatic heterocycles. The number of rotatable bonds is 2. The SMILES string of the molecule is CCC1O[C@H](C)C(C)[C@H](C)[C@@H]1OC. The van der Waals surface area contributed by atoms with Crippen LogP contribution >= 0.6 is 0 Å². The summed E-state index contributed by atoms with van der Waals surface area (Å²) in [5.74, 6) is 1.19. The molecular formula is C11H22O2. The van der Waals surface area contributed by atoms with Crippen LogP contribution in [0.2, 0.25) is 0 Å². The molecule has 1 heterocycles. The molecular weight excluding hydrogens is 164 g/mol. The second-order valence-corrected chi connectivity index (χ2v) is 4.21. The Hall–Kier alpha value is -0.0800. The van der Waals surface area contributed by atoms with Crippen LogP contribution in [0.5, 0.6) is 0 Å². The minimum atomic E-state index is 0.274. The maximum atomic E-state index is 5.90. The van der Waals surface area contributed by atoms with Crippen LogP contribution in [0.25, 0.3) is 0 Å². The molecule has 0 bridgehead atoms. The molecule has 2 unspecified atom stereocenters. The molecule has 0 aromatic carbocycles. The van der Waals surface area contributed by atoms with Crippen LogP contribution in [-0.2, 0) is 9.47 Å². The minimum absolute atomic E-state index is 0.274. The summed E-state index contributed by atoms with van der Waals surface area (Å²) in [6.45, 7) is 8.83. The van der Waals surface area contributed by atoms with Crippen molar-refractivity contribution in [2.24, 2.45) is 11.8 Å².